The summed E-state index contributed by atoms with van der Waals surface area (Å²) in [6.07, 6.45) is 2.10. The largest absolute Gasteiger partial charge is 0.0622 e. The minimum Gasteiger partial charge on any atom is -0.0622 e. The molecule has 58 heavy (non-hydrogen) atoms. The second-order valence-corrected chi connectivity index (χ2v) is 16.3. The Morgan fingerprint density at radius 1 is 0.241 bits per heavy atom. The van der Waals surface area contributed by atoms with E-state index in [-0.39, 0.29) is 0 Å². The van der Waals surface area contributed by atoms with E-state index in [4.69, 9.17) is 0 Å². The van der Waals surface area contributed by atoms with Crippen molar-refractivity contribution in [2.75, 3.05) is 0 Å². The molecule has 12 aromatic rings. The maximum Gasteiger partial charge on any atom is -0.000786 e. The van der Waals surface area contributed by atoms with E-state index in [2.05, 4.69) is 194 Å². The Hall–Kier alpha value is -7.28. The van der Waals surface area contributed by atoms with Crippen molar-refractivity contribution in [1.82, 2.24) is 0 Å². The van der Waals surface area contributed by atoms with Gasteiger partial charge in [-0.1, -0.05) is 182 Å². The fourth-order valence-corrected chi connectivity index (χ4v) is 10.6. The third-order valence-corrected chi connectivity index (χ3v) is 13.2. The molecular formula is C58H36. The monoisotopic (exact) mass is 732 g/mol. The first kappa shape index (κ1) is 31.9. The van der Waals surface area contributed by atoms with Crippen molar-refractivity contribution in [3.8, 4) is 55.6 Å². The van der Waals surface area contributed by atoms with E-state index in [9.17, 15) is 0 Å². The molecule has 0 bridgehead atoms. The van der Waals surface area contributed by atoms with Gasteiger partial charge in [0.2, 0.25) is 0 Å². The summed E-state index contributed by atoms with van der Waals surface area (Å²) in [7, 11) is 0. The van der Waals surface area contributed by atoms with Crippen LogP contribution in [0.5, 0.6) is 0 Å². The summed E-state index contributed by atoms with van der Waals surface area (Å²) in [5, 5.41) is 15.8. The number of aryl methyl sites for hydroxylation is 2. The van der Waals surface area contributed by atoms with E-state index in [1.165, 1.54) is 131 Å². The first-order valence-corrected chi connectivity index (χ1v) is 20.5. The molecule has 0 aliphatic heterocycles. The molecule has 0 nitrogen and oxygen atoms in total. The Morgan fingerprint density at radius 2 is 0.724 bits per heavy atom. The van der Waals surface area contributed by atoms with E-state index in [1.807, 2.05) is 0 Å². The minimum absolute atomic E-state index is 1.05. The van der Waals surface area contributed by atoms with Crippen molar-refractivity contribution < 1.29 is 0 Å². The highest BCUT2D eigenvalue weighted by Gasteiger charge is 2.24. The lowest BCUT2D eigenvalue weighted by Crippen LogP contribution is -2.04. The van der Waals surface area contributed by atoms with Crippen LogP contribution >= 0.6 is 0 Å². The van der Waals surface area contributed by atoms with E-state index in [1.54, 1.807) is 0 Å². The molecule has 0 unspecified atom stereocenters. The molecule has 0 aromatic heterocycles. The second kappa shape index (κ2) is 12.1. The summed E-state index contributed by atoms with van der Waals surface area (Å²) in [4.78, 5) is 0. The van der Waals surface area contributed by atoms with Crippen molar-refractivity contribution in [2.24, 2.45) is 0 Å². The molecule has 12 aromatic carbocycles. The highest BCUT2D eigenvalue weighted by Crippen LogP contribution is 2.51. The zero-order chi connectivity index (χ0) is 37.9. The molecule has 13 rings (SSSR count). The number of benzene rings is 12. The first-order chi connectivity index (χ1) is 28.8. The van der Waals surface area contributed by atoms with Crippen LogP contribution in [-0.4, -0.2) is 0 Å². The van der Waals surface area contributed by atoms with Gasteiger partial charge in [-0.25, -0.2) is 0 Å². The Morgan fingerprint density at radius 3 is 1.38 bits per heavy atom. The van der Waals surface area contributed by atoms with Gasteiger partial charge in [-0.3, -0.25) is 0 Å². The smallest absolute Gasteiger partial charge is 0.000786 e. The topological polar surface area (TPSA) is 0 Å². The molecule has 1 aliphatic carbocycles. The highest BCUT2D eigenvalue weighted by molar-refractivity contribution is 6.33. The predicted octanol–water partition coefficient (Wildman–Crippen LogP) is 15.9. The SMILES string of the molecule is c1ccc(-c2c(-c3ccccc3)c3c(-c4ccc5c(c4)-c4cc(-c6ccc7ccc8cccc9ccc6c7c89)ccc4CC5)ccc4ccc5cccc2c5c43)cc1. The Balaban J connectivity index is 1.07. The van der Waals surface area contributed by atoms with Crippen molar-refractivity contribution in [2.45, 2.75) is 12.8 Å². The number of hydrogen-bond acceptors (Lipinski definition) is 0. The lowest BCUT2D eigenvalue weighted by molar-refractivity contribution is 0.942. The van der Waals surface area contributed by atoms with Crippen LogP contribution in [0.25, 0.3) is 120 Å². The molecule has 0 saturated carbocycles. The minimum atomic E-state index is 1.05. The van der Waals surface area contributed by atoms with Crippen molar-refractivity contribution >= 4 is 64.6 Å². The summed E-state index contributed by atoms with van der Waals surface area (Å²) in [5.74, 6) is 0. The van der Waals surface area contributed by atoms with Gasteiger partial charge in [-0.15, -0.1) is 0 Å². The summed E-state index contributed by atoms with van der Waals surface area (Å²) >= 11 is 0. The van der Waals surface area contributed by atoms with Gasteiger partial charge in [-0.2, -0.15) is 0 Å². The zero-order valence-corrected chi connectivity index (χ0v) is 31.9. The lowest BCUT2D eigenvalue weighted by atomic mass is 9.79. The Kier molecular flexibility index (Phi) is 6.65. The van der Waals surface area contributed by atoms with Crippen LogP contribution in [0.3, 0.4) is 0 Å². The highest BCUT2D eigenvalue weighted by atomic mass is 14.3. The van der Waals surface area contributed by atoms with Gasteiger partial charge in [-0.05, 0) is 156 Å². The molecular weight excluding hydrogens is 697 g/mol. The van der Waals surface area contributed by atoms with Gasteiger partial charge < -0.3 is 0 Å². The average Bonchev–Trinajstić information content (AvgIpc) is 3.29. The molecule has 0 heterocycles. The van der Waals surface area contributed by atoms with Crippen LogP contribution in [0, 0.1) is 0 Å². The van der Waals surface area contributed by atoms with Gasteiger partial charge in [0.15, 0.2) is 0 Å². The Bertz CT molecular complexity index is 3580. The standard InChI is InChI=1S/C58H36/c1-3-9-37(10-4-1)54-49-16-8-15-41-22-24-43-28-31-47(58(57(43)55(41)49)56(54)38-11-5-2-6-12-38)45-26-20-36-18-17-35-19-25-44(33-50(35)51(36)34-45)46-30-27-42-23-21-39-13-7-14-40-29-32-48(46)53(42)52(39)40/h1-16,19-34H,17-18H2. The maximum atomic E-state index is 2.50. The van der Waals surface area contributed by atoms with Crippen LogP contribution in [0.2, 0.25) is 0 Å². The van der Waals surface area contributed by atoms with E-state index in [0.29, 0.717) is 0 Å². The average molecular weight is 733 g/mol. The van der Waals surface area contributed by atoms with Gasteiger partial charge in [0.1, 0.15) is 0 Å². The van der Waals surface area contributed by atoms with Crippen molar-refractivity contribution in [3.05, 3.63) is 205 Å². The van der Waals surface area contributed by atoms with Gasteiger partial charge in [0.25, 0.3) is 0 Å². The molecule has 0 amide bonds. The van der Waals surface area contributed by atoms with Crippen LogP contribution < -0.4 is 0 Å². The molecule has 0 atom stereocenters. The second-order valence-electron chi connectivity index (χ2n) is 16.3. The fourth-order valence-electron chi connectivity index (χ4n) is 10.6. The summed E-state index contributed by atoms with van der Waals surface area (Å²) < 4.78 is 0. The molecule has 1 aliphatic rings. The Labute approximate surface area is 336 Å². The van der Waals surface area contributed by atoms with E-state index < -0.39 is 0 Å². The zero-order valence-electron chi connectivity index (χ0n) is 31.9. The number of hydrogen-bond donors (Lipinski definition) is 0. The molecule has 0 heteroatoms. The van der Waals surface area contributed by atoms with Crippen LogP contribution in [0.15, 0.2) is 194 Å². The van der Waals surface area contributed by atoms with Gasteiger partial charge >= 0.3 is 0 Å². The molecule has 268 valence electrons. The summed E-state index contributed by atoms with van der Waals surface area (Å²) in [5.41, 5.74) is 15.7. The normalized spacial score (nSPS) is 12.7. The van der Waals surface area contributed by atoms with Gasteiger partial charge in [0, 0.05) is 0 Å². The van der Waals surface area contributed by atoms with E-state index >= 15 is 0 Å². The van der Waals surface area contributed by atoms with Crippen molar-refractivity contribution in [3.63, 3.8) is 0 Å². The van der Waals surface area contributed by atoms with Crippen LogP contribution in [0.4, 0.5) is 0 Å². The first-order valence-electron chi connectivity index (χ1n) is 20.5. The number of rotatable bonds is 4. The summed E-state index contributed by atoms with van der Waals surface area (Å²) in [6.45, 7) is 0. The fraction of sp³-hybridized carbons (Fsp3) is 0.0345. The quantitative estimate of drug-likeness (QED) is 0.158. The molecule has 0 saturated heterocycles. The third kappa shape index (κ3) is 4.52. The van der Waals surface area contributed by atoms with Crippen molar-refractivity contribution in [1.29, 1.82) is 0 Å². The number of fused-ring (bicyclic) bond motifs is 3. The van der Waals surface area contributed by atoms with Crippen LogP contribution in [-0.2, 0) is 12.8 Å². The maximum absolute atomic E-state index is 2.50. The van der Waals surface area contributed by atoms with Crippen LogP contribution in [0.1, 0.15) is 11.1 Å². The third-order valence-electron chi connectivity index (χ3n) is 13.2. The van der Waals surface area contributed by atoms with Gasteiger partial charge in [0.05, 0.1) is 0 Å². The molecule has 0 fully saturated rings. The lowest BCUT2D eigenvalue weighted by Gasteiger charge is -2.25. The molecule has 0 radical (unpaired) electrons. The predicted molar refractivity (Wildman–Crippen MR) is 248 cm³/mol. The summed E-state index contributed by atoms with van der Waals surface area (Å²) in [6, 6.07) is 73.3. The van der Waals surface area contributed by atoms with E-state index in [0.717, 1.165) is 12.8 Å². The molecule has 0 N–H and O–H groups in total. The molecule has 0 spiro atoms.